The second-order valence-electron chi connectivity index (χ2n) is 6.90. The smallest absolute Gasteiger partial charge is 0.265 e. The molecular weight excluding hydrogens is 372 g/mol. The monoisotopic (exact) mass is 392 g/mol. The molecule has 0 bridgehead atoms. The van der Waals surface area contributed by atoms with Gasteiger partial charge in [0.25, 0.3) is 11.8 Å². The molecule has 0 unspecified atom stereocenters. The van der Waals surface area contributed by atoms with Crippen molar-refractivity contribution in [2.75, 3.05) is 10.6 Å². The first-order valence-electron chi connectivity index (χ1n) is 9.31. The van der Waals surface area contributed by atoms with Crippen molar-refractivity contribution in [3.8, 4) is 5.75 Å². The van der Waals surface area contributed by atoms with Crippen LogP contribution in [0.2, 0.25) is 0 Å². The largest absolute Gasteiger partial charge is 0.479 e. The van der Waals surface area contributed by atoms with Gasteiger partial charge in [-0.15, -0.1) is 0 Å². The molecule has 0 fully saturated rings. The number of carbonyl (C=O) groups is 2. The molecule has 0 radical (unpaired) electrons. The Morgan fingerprint density at radius 1 is 1.28 bits per heavy atom. The number of hydrogen-bond donors (Lipinski definition) is 2. The van der Waals surface area contributed by atoms with Crippen molar-refractivity contribution in [2.24, 2.45) is 0 Å². The summed E-state index contributed by atoms with van der Waals surface area (Å²) >= 11 is 0. The fraction of sp³-hybridized carbons (Fsp3) is 0.238. The van der Waals surface area contributed by atoms with Gasteiger partial charge in [0, 0.05) is 24.1 Å². The molecular formula is C21H20N4O4. The third-order valence-electron chi connectivity index (χ3n) is 4.81. The van der Waals surface area contributed by atoms with Crippen LogP contribution in [0.15, 0.2) is 41.3 Å². The summed E-state index contributed by atoms with van der Waals surface area (Å²) < 4.78 is 7.29. The van der Waals surface area contributed by atoms with Crippen molar-refractivity contribution in [1.82, 2.24) is 9.55 Å². The lowest BCUT2D eigenvalue weighted by molar-refractivity contribution is -0.122. The van der Waals surface area contributed by atoms with E-state index >= 15 is 0 Å². The molecule has 2 amide bonds. The molecule has 0 saturated carbocycles. The molecule has 4 rings (SSSR count). The third-order valence-corrected chi connectivity index (χ3v) is 4.81. The van der Waals surface area contributed by atoms with Crippen molar-refractivity contribution in [3.63, 3.8) is 0 Å². The van der Waals surface area contributed by atoms with Crippen molar-refractivity contribution < 1.29 is 14.3 Å². The average molecular weight is 392 g/mol. The molecule has 1 aromatic carbocycles. The fourth-order valence-electron chi connectivity index (χ4n) is 3.25. The average Bonchev–Trinajstić information content (AvgIpc) is 2.69. The van der Waals surface area contributed by atoms with E-state index in [0.29, 0.717) is 34.7 Å². The molecule has 2 N–H and O–H groups in total. The molecule has 3 aromatic rings. The van der Waals surface area contributed by atoms with Crippen LogP contribution in [0.5, 0.6) is 5.75 Å². The lowest BCUT2D eigenvalue weighted by atomic mass is 10.1. The maximum Gasteiger partial charge on any atom is 0.265 e. The van der Waals surface area contributed by atoms with Crippen molar-refractivity contribution >= 4 is 34.2 Å². The molecule has 0 saturated heterocycles. The molecule has 8 heteroatoms. The number of anilines is 2. The summed E-state index contributed by atoms with van der Waals surface area (Å²) in [6, 6.07) is 8.36. The van der Waals surface area contributed by atoms with Gasteiger partial charge in [-0.2, -0.15) is 0 Å². The summed E-state index contributed by atoms with van der Waals surface area (Å²) in [5, 5.41) is 5.85. The molecule has 3 heterocycles. The van der Waals surface area contributed by atoms with Gasteiger partial charge in [0.2, 0.25) is 5.43 Å². The van der Waals surface area contributed by atoms with Crippen LogP contribution in [0.3, 0.4) is 0 Å². The number of amides is 2. The van der Waals surface area contributed by atoms with Crippen LogP contribution < -0.4 is 20.8 Å². The van der Waals surface area contributed by atoms with E-state index < -0.39 is 12.0 Å². The summed E-state index contributed by atoms with van der Waals surface area (Å²) in [4.78, 5) is 41.9. The van der Waals surface area contributed by atoms with Gasteiger partial charge in [0.1, 0.15) is 17.0 Å². The van der Waals surface area contributed by atoms with Crippen LogP contribution in [0, 0.1) is 6.92 Å². The number of pyridine rings is 2. The highest BCUT2D eigenvalue weighted by atomic mass is 16.5. The number of nitrogens with one attached hydrogen (secondary N) is 2. The third kappa shape index (κ3) is 3.33. The second-order valence-corrected chi connectivity index (χ2v) is 6.90. The summed E-state index contributed by atoms with van der Waals surface area (Å²) in [5.74, 6) is -0.268. The predicted molar refractivity (Wildman–Crippen MR) is 110 cm³/mol. The van der Waals surface area contributed by atoms with Crippen LogP contribution in [-0.2, 0) is 11.3 Å². The van der Waals surface area contributed by atoms with E-state index in [1.807, 2.05) is 13.8 Å². The molecule has 0 aliphatic carbocycles. The summed E-state index contributed by atoms with van der Waals surface area (Å²) in [6.07, 6.45) is 0.947. The Morgan fingerprint density at radius 2 is 2.07 bits per heavy atom. The zero-order valence-corrected chi connectivity index (χ0v) is 16.3. The molecule has 0 spiro atoms. The first-order valence-corrected chi connectivity index (χ1v) is 9.31. The summed E-state index contributed by atoms with van der Waals surface area (Å²) in [7, 11) is 0. The maximum absolute atomic E-state index is 12.9. The van der Waals surface area contributed by atoms with E-state index in [9.17, 15) is 14.4 Å². The van der Waals surface area contributed by atoms with E-state index in [0.717, 1.165) is 5.69 Å². The first kappa shape index (κ1) is 18.7. The number of aromatic nitrogens is 2. The Labute approximate surface area is 166 Å². The van der Waals surface area contributed by atoms with Gasteiger partial charge in [-0.3, -0.25) is 14.4 Å². The highest BCUT2D eigenvalue weighted by Crippen LogP contribution is 2.32. The number of fused-ring (bicyclic) bond motifs is 2. The fourth-order valence-corrected chi connectivity index (χ4v) is 3.25. The Balaban J connectivity index is 1.69. The molecule has 1 aliphatic heterocycles. The van der Waals surface area contributed by atoms with Crippen LogP contribution in [0.4, 0.5) is 11.4 Å². The van der Waals surface area contributed by atoms with Gasteiger partial charge < -0.3 is 19.9 Å². The van der Waals surface area contributed by atoms with E-state index in [4.69, 9.17) is 4.74 Å². The Bertz CT molecular complexity index is 1220. The summed E-state index contributed by atoms with van der Waals surface area (Å²) in [6.45, 7) is 5.99. The topological polar surface area (TPSA) is 102 Å². The number of ether oxygens (including phenoxy) is 1. The highest BCUT2D eigenvalue weighted by Gasteiger charge is 2.24. The number of carbonyl (C=O) groups excluding carboxylic acids is 2. The van der Waals surface area contributed by atoms with Crippen LogP contribution in [0.1, 0.15) is 29.9 Å². The highest BCUT2D eigenvalue weighted by molar-refractivity contribution is 6.06. The first-order chi connectivity index (χ1) is 13.9. The van der Waals surface area contributed by atoms with E-state index in [1.54, 1.807) is 41.8 Å². The van der Waals surface area contributed by atoms with Gasteiger partial charge in [-0.05, 0) is 51.1 Å². The number of rotatable bonds is 3. The van der Waals surface area contributed by atoms with Gasteiger partial charge in [-0.25, -0.2) is 4.98 Å². The maximum atomic E-state index is 12.9. The standard InChI is InChI=1S/C21H20N4O4/c1-4-25-10-15(18(26)14-7-5-11(2)22-19(14)25)21(28)23-13-6-8-17-16(9-13)24-20(27)12(3)29-17/h5-10,12H,4H2,1-3H3,(H,23,28)(H,24,27)/t12-/m0/s1. The van der Waals surface area contributed by atoms with Crippen LogP contribution in [-0.4, -0.2) is 27.5 Å². The van der Waals surface area contributed by atoms with E-state index in [1.165, 1.54) is 6.20 Å². The van der Waals surface area contributed by atoms with Gasteiger partial charge in [0.05, 0.1) is 11.1 Å². The minimum atomic E-state index is -0.578. The minimum absolute atomic E-state index is 0.0247. The molecule has 1 atom stereocenters. The Morgan fingerprint density at radius 3 is 2.83 bits per heavy atom. The van der Waals surface area contributed by atoms with Gasteiger partial charge in [0.15, 0.2) is 6.10 Å². The number of nitrogens with zero attached hydrogens (tertiary/aromatic N) is 2. The molecule has 148 valence electrons. The van der Waals surface area contributed by atoms with E-state index in [-0.39, 0.29) is 16.9 Å². The zero-order chi connectivity index (χ0) is 20.7. The van der Waals surface area contributed by atoms with Gasteiger partial charge >= 0.3 is 0 Å². The molecule has 29 heavy (non-hydrogen) atoms. The van der Waals surface area contributed by atoms with Crippen molar-refractivity contribution in [1.29, 1.82) is 0 Å². The predicted octanol–water partition coefficient (Wildman–Crippen LogP) is 2.70. The Kier molecular flexibility index (Phi) is 4.54. The number of aryl methyl sites for hydroxylation is 2. The number of benzene rings is 1. The normalized spacial score (nSPS) is 15.4. The quantitative estimate of drug-likeness (QED) is 0.713. The van der Waals surface area contributed by atoms with Crippen molar-refractivity contribution in [3.05, 3.63) is 58.0 Å². The van der Waals surface area contributed by atoms with Crippen molar-refractivity contribution in [2.45, 2.75) is 33.4 Å². The SMILES string of the molecule is CCn1cc(C(=O)Nc2ccc3c(c2)NC(=O)[C@H](C)O3)c(=O)c2ccc(C)nc21. The lowest BCUT2D eigenvalue weighted by Crippen LogP contribution is -2.34. The molecule has 2 aromatic heterocycles. The second kappa shape index (κ2) is 7.05. The van der Waals surface area contributed by atoms with E-state index in [2.05, 4.69) is 15.6 Å². The Hall–Kier alpha value is -3.68. The summed E-state index contributed by atoms with van der Waals surface area (Å²) in [5.41, 5.74) is 1.90. The zero-order valence-electron chi connectivity index (χ0n) is 16.3. The lowest BCUT2D eigenvalue weighted by Gasteiger charge is -2.23. The van der Waals surface area contributed by atoms with Crippen LogP contribution >= 0.6 is 0 Å². The minimum Gasteiger partial charge on any atom is -0.479 e. The van der Waals surface area contributed by atoms with Crippen LogP contribution in [0.25, 0.3) is 11.0 Å². The molecule has 1 aliphatic rings. The van der Waals surface area contributed by atoms with Gasteiger partial charge in [-0.1, -0.05) is 0 Å². The number of hydrogen-bond acceptors (Lipinski definition) is 5. The molecule has 8 nitrogen and oxygen atoms in total.